The van der Waals surface area contributed by atoms with E-state index in [9.17, 15) is 9.90 Å². The number of nitrogens with zero attached hydrogens (tertiary/aromatic N) is 1. The molecule has 116 valence electrons. The van der Waals surface area contributed by atoms with Gasteiger partial charge in [-0.3, -0.25) is 9.69 Å². The summed E-state index contributed by atoms with van der Waals surface area (Å²) in [5.74, 6) is -0.167. The quantitative estimate of drug-likeness (QED) is 0.892. The van der Waals surface area contributed by atoms with Crippen molar-refractivity contribution in [3.63, 3.8) is 0 Å². The minimum atomic E-state index is -0.634. The minimum Gasteiger partial charge on any atom is -0.481 e. The third-order valence-electron chi connectivity index (χ3n) is 4.90. The summed E-state index contributed by atoms with van der Waals surface area (Å²) in [6.07, 6.45) is 2.48. The summed E-state index contributed by atoms with van der Waals surface area (Å²) in [4.78, 5) is 14.1. The molecular formula is C18H27NO2. The molecule has 21 heavy (non-hydrogen) atoms. The number of hydrogen-bond acceptors (Lipinski definition) is 2. The largest absolute Gasteiger partial charge is 0.481 e. The molecule has 2 unspecified atom stereocenters. The Bertz CT molecular complexity index is 471. The second-order valence-electron chi connectivity index (χ2n) is 6.61. The van der Waals surface area contributed by atoms with Gasteiger partial charge in [-0.2, -0.15) is 0 Å². The smallest absolute Gasteiger partial charge is 0.310 e. The molecule has 0 aromatic heterocycles. The van der Waals surface area contributed by atoms with E-state index in [0.717, 1.165) is 19.4 Å². The zero-order chi connectivity index (χ0) is 15.5. The summed E-state index contributed by atoms with van der Waals surface area (Å²) in [6.45, 7) is 8.11. The van der Waals surface area contributed by atoms with E-state index in [1.54, 1.807) is 0 Å². The van der Waals surface area contributed by atoms with Crippen molar-refractivity contribution in [3.8, 4) is 0 Å². The van der Waals surface area contributed by atoms with Crippen molar-refractivity contribution in [2.24, 2.45) is 11.3 Å². The fraction of sp³-hybridized carbons (Fsp3) is 0.611. The van der Waals surface area contributed by atoms with Crippen LogP contribution in [0.15, 0.2) is 30.3 Å². The number of carboxylic acid groups (broad SMARTS) is 1. The summed E-state index contributed by atoms with van der Waals surface area (Å²) in [5, 5.41) is 9.67. The maximum atomic E-state index is 11.8. The average Bonchev–Trinajstić information content (AvgIpc) is 2.48. The van der Waals surface area contributed by atoms with Crippen molar-refractivity contribution in [1.29, 1.82) is 0 Å². The van der Waals surface area contributed by atoms with Crippen LogP contribution in [0.4, 0.5) is 0 Å². The van der Waals surface area contributed by atoms with Gasteiger partial charge >= 0.3 is 5.97 Å². The van der Waals surface area contributed by atoms with Gasteiger partial charge in [0.05, 0.1) is 5.41 Å². The molecule has 1 N–H and O–H groups in total. The predicted octanol–water partition coefficient (Wildman–Crippen LogP) is 3.96. The molecule has 0 aliphatic carbocycles. The van der Waals surface area contributed by atoms with Crippen LogP contribution in [0.3, 0.4) is 0 Å². The monoisotopic (exact) mass is 289 g/mol. The Morgan fingerprint density at radius 2 is 2.00 bits per heavy atom. The highest BCUT2D eigenvalue weighted by atomic mass is 16.4. The van der Waals surface area contributed by atoms with Crippen LogP contribution in [0.5, 0.6) is 0 Å². The number of rotatable bonds is 5. The average molecular weight is 289 g/mol. The van der Waals surface area contributed by atoms with Gasteiger partial charge in [0, 0.05) is 12.6 Å². The van der Waals surface area contributed by atoms with E-state index in [1.807, 2.05) is 13.0 Å². The number of aliphatic carboxylic acids is 1. The first-order valence-electron chi connectivity index (χ1n) is 8.02. The molecule has 1 aromatic carbocycles. The highest BCUT2D eigenvalue weighted by Gasteiger charge is 2.42. The lowest BCUT2D eigenvalue weighted by Gasteiger charge is -2.44. The minimum absolute atomic E-state index is 0.303. The fourth-order valence-corrected chi connectivity index (χ4v) is 3.69. The Kier molecular flexibility index (Phi) is 5.04. The molecule has 2 rings (SSSR count). The molecule has 0 bridgehead atoms. The Labute approximate surface area is 128 Å². The topological polar surface area (TPSA) is 40.5 Å². The molecule has 1 heterocycles. The lowest BCUT2D eigenvalue weighted by atomic mass is 9.76. The molecule has 3 nitrogen and oxygen atoms in total. The Balaban J connectivity index is 2.27. The van der Waals surface area contributed by atoms with Gasteiger partial charge in [-0.25, -0.2) is 0 Å². The lowest BCUT2D eigenvalue weighted by Crippen LogP contribution is -2.49. The van der Waals surface area contributed by atoms with E-state index < -0.39 is 11.4 Å². The molecule has 0 saturated carbocycles. The number of benzene rings is 1. The van der Waals surface area contributed by atoms with Gasteiger partial charge in [0.1, 0.15) is 0 Å². The molecule has 1 aromatic rings. The fourth-order valence-electron chi connectivity index (χ4n) is 3.69. The number of carboxylic acids is 1. The first-order valence-corrected chi connectivity index (χ1v) is 8.02. The van der Waals surface area contributed by atoms with Crippen LogP contribution >= 0.6 is 0 Å². The highest BCUT2D eigenvalue weighted by molar-refractivity contribution is 5.75. The van der Waals surface area contributed by atoms with Crippen molar-refractivity contribution in [2.75, 3.05) is 13.1 Å². The second-order valence-corrected chi connectivity index (χ2v) is 6.61. The SMILES string of the molecule is CCC1(C(=O)O)CCCN(C(c2ccccc2)C(C)C)C1. The van der Waals surface area contributed by atoms with E-state index in [-0.39, 0.29) is 0 Å². The molecule has 2 atom stereocenters. The standard InChI is InChI=1S/C18H27NO2/c1-4-18(17(20)21)11-8-12-19(13-18)16(14(2)3)15-9-6-5-7-10-15/h5-7,9-10,14,16H,4,8,11-13H2,1-3H3,(H,20,21). The van der Waals surface area contributed by atoms with Crippen LogP contribution in [0.2, 0.25) is 0 Å². The van der Waals surface area contributed by atoms with Gasteiger partial charge < -0.3 is 5.11 Å². The van der Waals surface area contributed by atoms with Crippen molar-refractivity contribution >= 4 is 5.97 Å². The molecule has 3 heteroatoms. The van der Waals surface area contributed by atoms with E-state index in [0.29, 0.717) is 24.9 Å². The highest BCUT2D eigenvalue weighted by Crippen LogP contribution is 2.39. The van der Waals surface area contributed by atoms with Crippen LogP contribution in [0, 0.1) is 11.3 Å². The van der Waals surface area contributed by atoms with Gasteiger partial charge in [-0.1, -0.05) is 51.1 Å². The summed E-state index contributed by atoms with van der Waals surface area (Å²) < 4.78 is 0. The summed E-state index contributed by atoms with van der Waals surface area (Å²) in [5.41, 5.74) is 0.727. The summed E-state index contributed by atoms with van der Waals surface area (Å²) in [6, 6.07) is 10.8. The van der Waals surface area contributed by atoms with E-state index in [4.69, 9.17) is 0 Å². The van der Waals surface area contributed by atoms with Crippen LogP contribution in [-0.2, 0) is 4.79 Å². The molecule has 0 amide bonds. The Hall–Kier alpha value is -1.35. The van der Waals surface area contributed by atoms with Crippen LogP contribution in [-0.4, -0.2) is 29.1 Å². The molecule has 0 spiro atoms. The van der Waals surface area contributed by atoms with Gasteiger partial charge in [-0.15, -0.1) is 0 Å². The van der Waals surface area contributed by atoms with Crippen molar-refractivity contribution in [1.82, 2.24) is 4.90 Å². The maximum absolute atomic E-state index is 11.8. The summed E-state index contributed by atoms with van der Waals surface area (Å²) >= 11 is 0. The van der Waals surface area contributed by atoms with Crippen molar-refractivity contribution < 1.29 is 9.90 Å². The zero-order valence-corrected chi connectivity index (χ0v) is 13.4. The molecule has 1 saturated heterocycles. The first kappa shape index (κ1) is 16.0. The van der Waals surface area contributed by atoms with Crippen molar-refractivity contribution in [2.45, 2.75) is 46.1 Å². The van der Waals surface area contributed by atoms with Gasteiger partial charge in [0.15, 0.2) is 0 Å². The molecular weight excluding hydrogens is 262 g/mol. The third kappa shape index (κ3) is 3.29. The van der Waals surface area contributed by atoms with Gasteiger partial charge in [-0.05, 0) is 37.3 Å². The molecule has 1 aliphatic rings. The van der Waals surface area contributed by atoms with Crippen LogP contribution < -0.4 is 0 Å². The first-order chi connectivity index (χ1) is 10.00. The third-order valence-corrected chi connectivity index (χ3v) is 4.90. The number of likely N-dealkylation sites (tertiary alicyclic amines) is 1. The number of piperidine rings is 1. The zero-order valence-electron chi connectivity index (χ0n) is 13.4. The maximum Gasteiger partial charge on any atom is 0.310 e. The second kappa shape index (κ2) is 6.61. The van der Waals surface area contributed by atoms with E-state index in [2.05, 4.69) is 43.0 Å². The molecule has 0 radical (unpaired) electrons. The van der Waals surface area contributed by atoms with E-state index in [1.165, 1.54) is 5.56 Å². The molecule has 1 aliphatic heterocycles. The van der Waals surface area contributed by atoms with E-state index >= 15 is 0 Å². The van der Waals surface area contributed by atoms with Crippen LogP contribution in [0.1, 0.15) is 51.6 Å². The summed E-state index contributed by atoms with van der Waals surface area (Å²) in [7, 11) is 0. The molecule has 1 fully saturated rings. The van der Waals surface area contributed by atoms with Gasteiger partial charge in [0.25, 0.3) is 0 Å². The van der Waals surface area contributed by atoms with Crippen molar-refractivity contribution in [3.05, 3.63) is 35.9 Å². The Morgan fingerprint density at radius 3 is 2.52 bits per heavy atom. The van der Waals surface area contributed by atoms with Gasteiger partial charge in [0.2, 0.25) is 0 Å². The number of hydrogen-bond donors (Lipinski definition) is 1. The Morgan fingerprint density at radius 1 is 1.33 bits per heavy atom. The predicted molar refractivity (Wildman–Crippen MR) is 85.2 cm³/mol. The normalized spacial score (nSPS) is 25.0. The van der Waals surface area contributed by atoms with Crippen LogP contribution in [0.25, 0.3) is 0 Å². The number of carbonyl (C=O) groups is 1. The lowest BCUT2D eigenvalue weighted by molar-refractivity contribution is -0.154.